The molecule has 0 aliphatic heterocycles. The minimum absolute atomic E-state index is 0.0834. The monoisotopic (exact) mass is 342 g/mol. The molecular weight excluding hydrogens is 336 g/mol. The molecule has 5 heteroatoms. The number of halogens is 2. The van der Waals surface area contributed by atoms with Crippen molar-refractivity contribution in [1.82, 2.24) is 9.78 Å². The number of ketones is 1. The Morgan fingerprint density at radius 1 is 1.31 bits per heavy atom. The molecule has 2 aromatic rings. The zero-order chi connectivity index (χ0) is 11.7. The van der Waals surface area contributed by atoms with Gasteiger partial charge in [-0.05, 0) is 40.2 Å². The summed E-state index contributed by atoms with van der Waals surface area (Å²) in [4.78, 5) is 12.1. The number of carbonyl (C=O) groups excluding carboxylic acids is 1. The molecule has 0 saturated heterocycles. The first kappa shape index (κ1) is 11.5. The molecule has 0 fully saturated rings. The average Bonchev–Trinajstić information content (AvgIpc) is 2.64. The summed E-state index contributed by atoms with van der Waals surface area (Å²) in [5, 5.41) is 4.09. The summed E-state index contributed by atoms with van der Waals surface area (Å²) in [6, 6.07) is 7.15. The fraction of sp³-hybridized carbons (Fsp3) is 0.0909. The molecule has 1 heterocycles. The molecular formula is C11H8Br2N2O. The van der Waals surface area contributed by atoms with Crippen LogP contribution in [-0.4, -0.2) is 15.6 Å². The minimum atomic E-state index is -0.0834. The van der Waals surface area contributed by atoms with E-state index >= 15 is 0 Å². The van der Waals surface area contributed by atoms with Crippen LogP contribution in [0.2, 0.25) is 0 Å². The van der Waals surface area contributed by atoms with E-state index in [9.17, 15) is 4.79 Å². The largest absolute Gasteiger partial charge is 0.287 e. The summed E-state index contributed by atoms with van der Waals surface area (Å²) in [7, 11) is 1.79. The topological polar surface area (TPSA) is 34.9 Å². The third-order valence-corrected chi connectivity index (χ3v) is 3.27. The van der Waals surface area contributed by atoms with Gasteiger partial charge in [0.2, 0.25) is 5.78 Å². The average molecular weight is 344 g/mol. The van der Waals surface area contributed by atoms with Crippen LogP contribution in [0, 0.1) is 0 Å². The number of nitrogens with zero attached hydrogens (tertiary/aromatic N) is 2. The van der Waals surface area contributed by atoms with Gasteiger partial charge in [0.25, 0.3) is 0 Å². The van der Waals surface area contributed by atoms with Gasteiger partial charge in [0, 0.05) is 27.8 Å². The Morgan fingerprint density at radius 2 is 2.06 bits per heavy atom. The summed E-state index contributed by atoms with van der Waals surface area (Å²) >= 11 is 6.71. The highest BCUT2D eigenvalue weighted by Gasteiger charge is 2.14. The van der Waals surface area contributed by atoms with Crippen LogP contribution in [0.15, 0.2) is 39.4 Å². The van der Waals surface area contributed by atoms with Crippen LogP contribution in [0.25, 0.3) is 0 Å². The lowest BCUT2D eigenvalue weighted by atomic mass is 10.1. The van der Waals surface area contributed by atoms with Gasteiger partial charge in [-0.2, -0.15) is 5.10 Å². The molecule has 0 N–H and O–H groups in total. The van der Waals surface area contributed by atoms with Crippen LogP contribution < -0.4 is 0 Å². The predicted octanol–water partition coefficient (Wildman–Crippen LogP) is 3.18. The molecule has 2 rings (SSSR count). The first-order valence-electron chi connectivity index (χ1n) is 4.57. The van der Waals surface area contributed by atoms with Gasteiger partial charge in [-0.15, -0.1) is 0 Å². The molecule has 1 aromatic heterocycles. The molecule has 0 aliphatic rings. The summed E-state index contributed by atoms with van der Waals surface area (Å²) < 4.78 is 3.30. The standard InChI is InChI=1S/C11H8Br2N2O/c1-15-5-4-10(14-15)11(16)8-3-2-7(12)6-9(8)13/h2-6H,1H3. The number of hydrogen-bond acceptors (Lipinski definition) is 2. The van der Waals surface area contributed by atoms with E-state index in [4.69, 9.17) is 0 Å². The second-order valence-corrected chi connectivity index (χ2v) is 5.10. The minimum Gasteiger partial charge on any atom is -0.287 e. The van der Waals surface area contributed by atoms with Crippen molar-refractivity contribution < 1.29 is 4.79 Å². The molecule has 0 radical (unpaired) electrons. The molecule has 16 heavy (non-hydrogen) atoms. The van der Waals surface area contributed by atoms with Crippen LogP contribution in [0.5, 0.6) is 0 Å². The Balaban J connectivity index is 2.41. The van der Waals surface area contributed by atoms with Gasteiger partial charge in [0.15, 0.2) is 0 Å². The Hall–Kier alpha value is -0.940. The Bertz CT molecular complexity index is 549. The van der Waals surface area contributed by atoms with Crippen LogP contribution in [0.1, 0.15) is 16.1 Å². The van der Waals surface area contributed by atoms with Crippen molar-refractivity contribution >= 4 is 37.6 Å². The third kappa shape index (κ3) is 2.25. The van der Waals surface area contributed by atoms with Gasteiger partial charge in [0.1, 0.15) is 5.69 Å². The quantitative estimate of drug-likeness (QED) is 0.785. The maximum Gasteiger partial charge on any atom is 0.214 e. The van der Waals surface area contributed by atoms with Gasteiger partial charge < -0.3 is 0 Å². The van der Waals surface area contributed by atoms with Gasteiger partial charge in [-0.3, -0.25) is 9.48 Å². The Kier molecular flexibility index (Phi) is 3.25. The lowest BCUT2D eigenvalue weighted by molar-refractivity contribution is 0.103. The summed E-state index contributed by atoms with van der Waals surface area (Å²) in [6.07, 6.45) is 1.75. The van der Waals surface area contributed by atoms with Crippen LogP contribution in [0.3, 0.4) is 0 Å². The van der Waals surface area contributed by atoms with Gasteiger partial charge in [-0.1, -0.05) is 15.9 Å². The first-order valence-corrected chi connectivity index (χ1v) is 6.16. The molecule has 0 atom stereocenters. The summed E-state index contributed by atoms with van der Waals surface area (Å²) in [6.45, 7) is 0. The van der Waals surface area contributed by atoms with Gasteiger partial charge in [-0.25, -0.2) is 0 Å². The highest BCUT2D eigenvalue weighted by atomic mass is 79.9. The number of benzene rings is 1. The predicted molar refractivity (Wildman–Crippen MR) is 68.5 cm³/mol. The Labute approximate surface area is 110 Å². The molecule has 1 aromatic carbocycles. The van der Waals surface area contributed by atoms with Gasteiger partial charge in [0.05, 0.1) is 0 Å². The van der Waals surface area contributed by atoms with E-state index in [-0.39, 0.29) is 5.78 Å². The highest BCUT2D eigenvalue weighted by molar-refractivity contribution is 9.11. The van der Waals surface area contributed by atoms with Crippen molar-refractivity contribution in [3.63, 3.8) is 0 Å². The van der Waals surface area contributed by atoms with E-state index in [0.29, 0.717) is 11.3 Å². The molecule has 0 bridgehead atoms. The molecule has 0 amide bonds. The second kappa shape index (κ2) is 4.51. The normalized spacial score (nSPS) is 10.4. The van der Waals surface area contributed by atoms with Crippen LogP contribution in [-0.2, 0) is 7.05 Å². The van der Waals surface area contributed by atoms with E-state index in [1.165, 1.54) is 0 Å². The van der Waals surface area contributed by atoms with Crippen molar-refractivity contribution in [2.45, 2.75) is 0 Å². The molecule has 0 saturated carbocycles. The number of carbonyl (C=O) groups is 1. The SMILES string of the molecule is Cn1ccc(C(=O)c2ccc(Br)cc2Br)n1. The Morgan fingerprint density at radius 3 is 2.62 bits per heavy atom. The van der Waals surface area contributed by atoms with Crippen molar-refractivity contribution in [3.05, 3.63) is 50.7 Å². The smallest absolute Gasteiger partial charge is 0.214 e. The van der Waals surface area contributed by atoms with Crippen molar-refractivity contribution in [2.24, 2.45) is 7.05 Å². The van der Waals surface area contributed by atoms with Crippen molar-refractivity contribution in [2.75, 3.05) is 0 Å². The second-order valence-electron chi connectivity index (χ2n) is 3.33. The summed E-state index contributed by atoms with van der Waals surface area (Å²) in [5.41, 5.74) is 1.06. The fourth-order valence-corrected chi connectivity index (χ4v) is 2.57. The maximum absolute atomic E-state index is 12.1. The van der Waals surface area contributed by atoms with Crippen molar-refractivity contribution in [3.8, 4) is 0 Å². The zero-order valence-corrected chi connectivity index (χ0v) is 11.6. The van der Waals surface area contributed by atoms with E-state index in [0.717, 1.165) is 8.95 Å². The fourth-order valence-electron chi connectivity index (χ4n) is 1.35. The third-order valence-electron chi connectivity index (χ3n) is 2.12. The lowest BCUT2D eigenvalue weighted by Gasteiger charge is -2.01. The van der Waals surface area contributed by atoms with Crippen LogP contribution >= 0.6 is 31.9 Å². The number of aromatic nitrogens is 2. The van der Waals surface area contributed by atoms with Gasteiger partial charge >= 0.3 is 0 Å². The zero-order valence-electron chi connectivity index (χ0n) is 8.45. The maximum atomic E-state index is 12.1. The molecule has 0 aliphatic carbocycles. The van der Waals surface area contributed by atoms with E-state index in [2.05, 4.69) is 37.0 Å². The molecule has 82 valence electrons. The number of hydrogen-bond donors (Lipinski definition) is 0. The molecule has 0 spiro atoms. The number of rotatable bonds is 2. The van der Waals surface area contributed by atoms with E-state index in [1.807, 2.05) is 12.1 Å². The van der Waals surface area contributed by atoms with E-state index in [1.54, 1.807) is 30.1 Å². The molecule has 0 unspecified atom stereocenters. The molecule has 3 nitrogen and oxygen atoms in total. The number of aryl methyl sites for hydroxylation is 1. The van der Waals surface area contributed by atoms with E-state index < -0.39 is 0 Å². The highest BCUT2D eigenvalue weighted by Crippen LogP contribution is 2.23. The first-order chi connectivity index (χ1) is 7.58. The van der Waals surface area contributed by atoms with Crippen molar-refractivity contribution in [1.29, 1.82) is 0 Å². The summed E-state index contributed by atoms with van der Waals surface area (Å²) in [5.74, 6) is -0.0834. The van der Waals surface area contributed by atoms with Crippen LogP contribution in [0.4, 0.5) is 0 Å². The lowest BCUT2D eigenvalue weighted by Crippen LogP contribution is -2.04.